The second-order valence-electron chi connectivity index (χ2n) is 7.49. The smallest absolute Gasteiger partial charge is 0.469 e. The Morgan fingerprint density at radius 1 is 0.759 bits per heavy atom. The van der Waals surface area contributed by atoms with Gasteiger partial charge >= 0.3 is 51.4 Å². The fourth-order valence-electron chi connectivity index (χ4n) is 2.80. The number of nitrogens with two attached hydrogens (primary N) is 2. The molecule has 0 saturated carbocycles. The number of hydrogen-bond acceptors (Lipinski definition) is 4. The van der Waals surface area contributed by atoms with Crippen LogP contribution in [0.2, 0.25) is 0 Å². The van der Waals surface area contributed by atoms with Crippen molar-refractivity contribution in [2.75, 3.05) is 26.2 Å². The van der Waals surface area contributed by atoms with E-state index in [1.807, 2.05) is 0 Å². The van der Waals surface area contributed by atoms with E-state index in [2.05, 4.69) is 80.1 Å². The standard InChI is InChI=1S/C14H24N2.C10H15N2.K/c1-12(2)11-16-10-8-14-5-3-13(4-6-14)7-9-15;1-12-8-10-4-2-9(3-5-10)6-7-11;/h3-6,12,16H,7-11,15H2,1-2H3;2-5,12H,1,6-8,11H2;/q;-1;+1. The fourth-order valence-corrected chi connectivity index (χ4v) is 2.80. The molecule has 0 amide bonds. The van der Waals surface area contributed by atoms with Crippen LogP contribution in [0.15, 0.2) is 48.5 Å². The van der Waals surface area contributed by atoms with Crippen LogP contribution in [0.4, 0.5) is 0 Å². The first kappa shape index (κ1) is 28.9. The van der Waals surface area contributed by atoms with E-state index in [0.29, 0.717) is 6.54 Å². The first-order chi connectivity index (χ1) is 13.6. The van der Waals surface area contributed by atoms with Gasteiger partial charge in [-0.3, -0.25) is 7.05 Å². The van der Waals surface area contributed by atoms with Crippen molar-refractivity contribution < 1.29 is 51.4 Å². The minimum absolute atomic E-state index is 0. The average Bonchev–Trinajstić information content (AvgIpc) is 2.69. The van der Waals surface area contributed by atoms with Gasteiger partial charge < -0.3 is 22.1 Å². The van der Waals surface area contributed by atoms with Crippen LogP contribution in [0.25, 0.3) is 0 Å². The van der Waals surface area contributed by atoms with Crippen molar-refractivity contribution in [1.82, 2.24) is 10.6 Å². The molecule has 0 spiro atoms. The zero-order valence-electron chi connectivity index (χ0n) is 18.7. The Morgan fingerprint density at radius 2 is 1.17 bits per heavy atom. The number of benzene rings is 2. The van der Waals surface area contributed by atoms with Crippen molar-refractivity contribution in [2.45, 2.75) is 39.7 Å². The maximum Gasteiger partial charge on any atom is 1.00 e. The van der Waals surface area contributed by atoms with Crippen LogP contribution in [0, 0.1) is 13.0 Å². The summed E-state index contributed by atoms with van der Waals surface area (Å²) in [6, 6.07) is 17.2. The SMILES string of the molecule is CC(C)CNCCc1ccc(CCN)cc1.[CH2-]NCc1ccc(CCN)cc1.[K+]. The second-order valence-corrected chi connectivity index (χ2v) is 7.49. The van der Waals surface area contributed by atoms with Gasteiger partial charge in [0.2, 0.25) is 0 Å². The topological polar surface area (TPSA) is 76.1 Å². The summed E-state index contributed by atoms with van der Waals surface area (Å²) in [4.78, 5) is 0. The quantitative estimate of drug-likeness (QED) is 0.234. The molecule has 29 heavy (non-hydrogen) atoms. The first-order valence-corrected chi connectivity index (χ1v) is 10.4. The molecule has 0 radical (unpaired) electrons. The normalized spacial score (nSPS) is 10.3. The number of hydrogen-bond donors (Lipinski definition) is 4. The van der Waals surface area contributed by atoms with Crippen LogP contribution in [0.5, 0.6) is 0 Å². The van der Waals surface area contributed by atoms with Crippen LogP contribution in [0.3, 0.4) is 0 Å². The minimum Gasteiger partial charge on any atom is -0.469 e. The predicted octanol–water partition coefficient (Wildman–Crippen LogP) is 0.0489. The molecule has 0 saturated heterocycles. The van der Waals surface area contributed by atoms with Gasteiger partial charge in [0, 0.05) is 0 Å². The van der Waals surface area contributed by atoms with Gasteiger partial charge in [-0.1, -0.05) is 62.4 Å². The Hall–Kier alpha value is -0.0836. The summed E-state index contributed by atoms with van der Waals surface area (Å²) in [5, 5.41) is 6.31. The van der Waals surface area contributed by atoms with Gasteiger partial charge in [-0.15, -0.1) is 0 Å². The van der Waals surface area contributed by atoms with Crippen molar-refractivity contribution in [3.05, 3.63) is 77.8 Å². The van der Waals surface area contributed by atoms with E-state index >= 15 is 0 Å². The summed E-state index contributed by atoms with van der Waals surface area (Å²) in [7, 11) is 3.57. The van der Waals surface area contributed by atoms with Crippen LogP contribution in [-0.4, -0.2) is 26.2 Å². The molecule has 0 atom stereocenters. The molecule has 0 heterocycles. The molecule has 0 unspecified atom stereocenters. The van der Waals surface area contributed by atoms with Gasteiger partial charge in [0.05, 0.1) is 0 Å². The van der Waals surface area contributed by atoms with E-state index in [4.69, 9.17) is 11.5 Å². The molecule has 2 aromatic carbocycles. The largest absolute Gasteiger partial charge is 1.00 e. The zero-order valence-corrected chi connectivity index (χ0v) is 21.8. The van der Waals surface area contributed by atoms with Gasteiger partial charge in [0.15, 0.2) is 0 Å². The van der Waals surface area contributed by atoms with Crippen molar-refractivity contribution >= 4 is 0 Å². The molecular weight excluding hydrogens is 383 g/mol. The summed E-state index contributed by atoms with van der Waals surface area (Å²) in [5.41, 5.74) is 16.2. The summed E-state index contributed by atoms with van der Waals surface area (Å²) in [6.45, 7) is 8.90. The van der Waals surface area contributed by atoms with Gasteiger partial charge in [-0.25, -0.2) is 0 Å². The summed E-state index contributed by atoms with van der Waals surface area (Å²) in [5.74, 6) is 0.729. The summed E-state index contributed by atoms with van der Waals surface area (Å²) in [6.07, 6.45) is 3.04. The molecule has 2 rings (SSSR count). The van der Waals surface area contributed by atoms with Crippen LogP contribution in [-0.2, 0) is 25.8 Å². The summed E-state index contributed by atoms with van der Waals surface area (Å²) >= 11 is 0. The fraction of sp³-hybridized carbons (Fsp3) is 0.458. The van der Waals surface area contributed by atoms with Gasteiger partial charge in [-0.2, -0.15) is 0 Å². The molecule has 0 aliphatic heterocycles. The third kappa shape index (κ3) is 14.5. The molecule has 0 aromatic heterocycles. The van der Waals surface area contributed by atoms with Crippen molar-refractivity contribution in [1.29, 1.82) is 0 Å². The Balaban J connectivity index is 0.000000542. The second kappa shape index (κ2) is 18.7. The Kier molecular flexibility index (Phi) is 18.6. The van der Waals surface area contributed by atoms with Gasteiger partial charge in [0.25, 0.3) is 0 Å². The molecule has 0 aliphatic rings. The number of rotatable bonds is 11. The molecule has 5 heteroatoms. The van der Waals surface area contributed by atoms with Gasteiger partial charge in [0.1, 0.15) is 0 Å². The van der Waals surface area contributed by atoms with E-state index in [-0.39, 0.29) is 51.4 Å². The molecular formula is C24H39KN4. The Labute approximate surface area is 221 Å². The minimum atomic E-state index is 0. The maximum atomic E-state index is 5.52. The van der Waals surface area contributed by atoms with Crippen LogP contribution in [0.1, 0.15) is 36.1 Å². The molecule has 0 fully saturated rings. The monoisotopic (exact) mass is 422 g/mol. The van der Waals surface area contributed by atoms with Gasteiger partial charge in [-0.05, 0) is 80.2 Å². The van der Waals surface area contributed by atoms with Crippen molar-refractivity contribution in [2.24, 2.45) is 17.4 Å². The Morgan fingerprint density at radius 3 is 1.55 bits per heavy atom. The van der Waals surface area contributed by atoms with E-state index < -0.39 is 0 Å². The molecule has 2 aromatic rings. The third-order valence-corrected chi connectivity index (χ3v) is 4.38. The molecule has 4 nitrogen and oxygen atoms in total. The van der Waals surface area contributed by atoms with E-state index in [0.717, 1.165) is 51.4 Å². The van der Waals surface area contributed by atoms with E-state index in [9.17, 15) is 0 Å². The summed E-state index contributed by atoms with van der Waals surface area (Å²) < 4.78 is 0. The predicted molar refractivity (Wildman–Crippen MR) is 122 cm³/mol. The molecule has 0 bridgehead atoms. The van der Waals surface area contributed by atoms with E-state index in [1.165, 1.54) is 22.3 Å². The van der Waals surface area contributed by atoms with Crippen molar-refractivity contribution in [3.8, 4) is 0 Å². The first-order valence-electron chi connectivity index (χ1n) is 10.4. The zero-order chi connectivity index (χ0) is 20.6. The van der Waals surface area contributed by atoms with Crippen LogP contribution < -0.4 is 73.5 Å². The molecule has 0 aliphatic carbocycles. The molecule has 156 valence electrons. The molecule has 6 N–H and O–H groups in total. The van der Waals surface area contributed by atoms with E-state index in [1.54, 1.807) is 0 Å². The van der Waals surface area contributed by atoms with Crippen molar-refractivity contribution in [3.63, 3.8) is 0 Å². The maximum absolute atomic E-state index is 5.52. The third-order valence-electron chi connectivity index (χ3n) is 4.38. The number of nitrogens with one attached hydrogen (secondary N) is 2. The Bertz CT molecular complexity index is 587. The van der Waals surface area contributed by atoms with Crippen LogP contribution >= 0.6 is 0 Å². The average molecular weight is 423 g/mol.